The Labute approximate surface area is 96.9 Å². The van der Waals surface area contributed by atoms with Crippen molar-refractivity contribution < 1.29 is 9.53 Å². The van der Waals surface area contributed by atoms with Gasteiger partial charge >= 0.3 is 0 Å². The minimum Gasteiger partial charge on any atom is -0.375 e. The van der Waals surface area contributed by atoms with E-state index in [1.54, 1.807) is 0 Å². The molecule has 4 nitrogen and oxygen atoms in total. The summed E-state index contributed by atoms with van der Waals surface area (Å²) in [6, 6.07) is 0.149. The third-order valence-corrected chi connectivity index (χ3v) is 3.92. The van der Waals surface area contributed by atoms with Gasteiger partial charge in [-0.3, -0.25) is 4.79 Å². The van der Waals surface area contributed by atoms with Gasteiger partial charge in [0.25, 0.3) is 0 Å². The highest BCUT2D eigenvalue weighted by molar-refractivity contribution is 5.79. The second-order valence-corrected chi connectivity index (χ2v) is 5.22. The average Bonchev–Trinajstić information content (AvgIpc) is 2.66. The molecule has 1 aliphatic carbocycles. The first-order chi connectivity index (χ1) is 7.61. The average molecular weight is 226 g/mol. The zero-order chi connectivity index (χ0) is 11.6. The number of carbonyl (C=O) groups is 1. The molecule has 1 spiro atoms. The molecule has 1 saturated heterocycles. The van der Waals surface area contributed by atoms with Crippen LogP contribution >= 0.6 is 0 Å². The van der Waals surface area contributed by atoms with Crippen molar-refractivity contribution in [2.24, 2.45) is 5.73 Å². The Kier molecular flexibility index (Phi) is 3.50. The maximum Gasteiger partial charge on any atom is 0.234 e. The van der Waals surface area contributed by atoms with Crippen molar-refractivity contribution in [2.75, 3.05) is 6.61 Å². The first-order valence-electron chi connectivity index (χ1n) is 6.31. The topological polar surface area (TPSA) is 64.3 Å². The van der Waals surface area contributed by atoms with Crippen LogP contribution in [-0.4, -0.2) is 30.2 Å². The predicted octanol–water partition coefficient (Wildman–Crippen LogP) is 0.942. The molecule has 1 heterocycles. The maximum atomic E-state index is 11.0. The molecule has 2 rings (SSSR count). The standard InChI is InChI=1S/C12H22N2O2/c1-9(11(13)15)14-10-4-7-16-12(8-10)5-2-3-6-12/h9-10,14H,2-8H2,1H3,(H2,13,15). The lowest BCUT2D eigenvalue weighted by molar-refractivity contribution is -0.121. The minimum absolute atomic E-state index is 0.104. The van der Waals surface area contributed by atoms with E-state index in [1.807, 2.05) is 6.92 Å². The zero-order valence-electron chi connectivity index (χ0n) is 10.00. The number of carbonyl (C=O) groups excluding carboxylic acids is 1. The van der Waals surface area contributed by atoms with Gasteiger partial charge in [0.15, 0.2) is 0 Å². The van der Waals surface area contributed by atoms with E-state index in [-0.39, 0.29) is 17.6 Å². The molecule has 2 atom stereocenters. The normalized spacial score (nSPS) is 30.4. The van der Waals surface area contributed by atoms with Crippen LogP contribution in [0.2, 0.25) is 0 Å². The summed E-state index contributed by atoms with van der Waals surface area (Å²) in [6.45, 7) is 2.64. The Morgan fingerprint density at radius 1 is 1.50 bits per heavy atom. The lowest BCUT2D eigenvalue weighted by Gasteiger charge is -2.39. The Bertz CT molecular complexity index is 262. The molecule has 0 aromatic heterocycles. The van der Waals surface area contributed by atoms with Crippen LogP contribution in [0.5, 0.6) is 0 Å². The molecule has 3 N–H and O–H groups in total. The Morgan fingerprint density at radius 2 is 2.19 bits per heavy atom. The minimum atomic E-state index is -0.271. The van der Waals surface area contributed by atoms with E-state index >= 15 is 0 Å². The molecule has 92 valence electrons. The van der Waals surface area contributed by atoms with Crippen LogP contribution in [0.25, 0.3) is 0 Å². The molecule has 0 aromatic carbocycles. The molecule has 1 amide bonds. The van der Waals surface area contributed by atoms with Gasteiger partial charge in [0.2, 0.25) is 5.91 Å². The molecule has 0 radical (unpaired) electrons. The highest BCUT2D eigenvalue weighted by Crippen LogP contribution is 2.39. The summed E-state index contributed by atoms with van der Waals surface area (Å²) < 4.78 is 5.94. The fourth-order valence-electron chi connectivity index (χ4n) is 2.97. The first-order valence-corrected chi connectivity index (χ1v) is 6.31. The van der Waals surface area contributed by atoms with Crippen LogP contribution in [0.4, 0.5) is 0 Å². The first kappa shape index (κ1) is 11.9. The molecule has 2 unspecified atom stereocenters. The van der Waals surface area contributed by atoms with Crippen molar-refractivity contribution >= 4 is 5.91 Å². The van der Waals surface area contributed by atoms with Gasteiger partial charge in [0.05, 0.1) is 11.6 Å². The molecular weight excluding hydrogens is 204 g/mol. The largest absolute Gasteiger partial charge is 0.375 e. The summed E-state index contributed by atoms with van der Waals surface area (Å²) in [5, 5.41) is 3.31. The summed E-state index contributed by atoms with van der Waals surface area (Å²) in [6.07, 6.45) is 6.92. The van der Waals surface area contributed by atoms with Gasteiger partial charge in [-0.2, -0.15) is 0 Å². The van der Waals surface area contributed by atoms with Gasteiger partial charge in [0, 0.05) is 12.6 Å². The third kappa shape index (κ3) is 2.55. The number of rotatable bonds is 3. The third-order valence-electron chi connectivity index (χ3n) is 3.92. The van der Waals surface area contributed by atoms with Gasteiger partial charge in [-0.15, -0.1) is 0 Å². The van der Waals surface area contributed by atoms with Crippen LogP contribution in [0.15, 0.2) is 0 Å². The second-order valence-electron chi connectivity index (χ2n) is 5.22. The molecule has 0 bridgehead atoms. The predicted molar refractivity (Wildman–Crippen MR) is 62.0 cm³/mol. The van der Waals surface area contributed by atoms with Crippen molar-refractivity contribution in [3.8, 4) is 0 Å². The van der Waals surface area contributed by atoms with E-state index in [0.717, 1.165) is 19.4 Å². The van der Waals surface area contributed by atoms with Gasteiger partial charge in [-0.25, -0.2) is 0 Å². The highest BCUT2D eigenvalue weighted by atomic mass is 16.5. The summed E-state index contributed by atoms with van der Waals surface area (Å²) in [4.78, 5) is 11.0. The van der Waals surface area contributed by atoms with Crippen LogP contribution in [0, 0.1) is 0 Å². The summed E-state index contributed by atoms with van der Waals surface area (Å²) >= 11 is 0. The quantitative estimate of drug-likeness (QED) is 0.753. The zero-order valence-corrected chi connectivity index (χ0v) is 10.00. The molecule has 2 fully saturated rings. The van der Waals surface area contributed by atoms with Crippen LogP contribution in [-0.2, 0) is 9.53 Å². The molecular formula is C12H22N2O2. The van der Waals surface area contributed by atoms with Gasteiger partial charge in [-0.1, -0.05) is 12.8 Å². The van der Waals surface area contributed by atoms with Crippen LogP contribution in [0.1, 0.15) is 45.4 Å². The van der Waals surface area contributed by atoms with Crippen LogP contribution in [0.3, 0.4) is 0 Å². The molecule has 1 saturated carbocycles. The number of amides is 1. The van der Waals surface area contributed by atoms with Crippen molar-refractivity contribution in [3.63, 3.8) is 0 Å². The fraction of sp³-hybridized carbons (Fsp3) is 0.917. The molecule has 16 heavy (non-hydrogen) atoms. The lowest BCUT2D eigenvalue weighted by atomic mass is 9.88. The van der Waals surface area contributed by atoms with Gasteiger partial charge in [0.1, 0.15) is 0 Å². The fourth-order valence-corrected chi connectivity index (χ4v) is 2.97. The Hall–Kier alpha value is -0.610. The number of nitrogens with two attached hydrogens (primary N) is 1. The van der Waals surface area contributed by atoms with E-state index < -0.39 is 0 Å². The van der Waals surface area contributed by atoms with Crippen molar-refractivity contribution in [1.29, 1.82) is 0 Å². The SMILES string of the molecule is CC(NC1CCOC2(CCCC2)C1)C(N)=O. The number of nitrogens with one attached hydrogen (secondary N) is 1. The smallest absolute Gasteiger partial charge is 0.234 e. The van der Waals surface area contributed by atoms with Crippen LogP contribution < -0.4 is 11.1 Å². The molecule has 2 aliphatic rings. The maximum absolute atomic E-state index is 11.0. The number of primary amides is 1. The molecule has 0 aromatic rings. The van der Waals surface area contributed by atoms with Gasteiger partial charge < -0.3 is 15.8 Å². The second kappa shape index (κ2) is 4.72. The van der Waals surface area contributed by atoms with E-state index in [1.165, 1.54) is 25.7 Å². The van der Waals surface area contributed by atoms with E-state index in [2.05, 4.69) is 5.32 Å². The van der Waals surface area contributed by atoms with Crippen molar-refractivity contribution in [1.82, 2.24) is 5.32 Å². The molecule has 4 heteroatoms. The highest BCUT2D eigenvalue weighted by Gasteiger charge is 2.40. The van der Waals surface area contributed by atoms with Crippen molar-refractivity contribution in [3.05, 3.63) is 0 Å². The number of ether oxygens (including phenoxy) is 1. The van der Waals surface area contributed by atoms with Crippen molar-refractivity contribution in [2.45, 2.75) is 63.1 Å². The Morgan fingerprint density at radius 3 is 2.81 bits per heavy atom. The van der Waals surface area contributed by atoms with Gasteiger partial charge in [-0.05, 0) is 32.6 Å². The Balaban J connectivity index is 1.89. The monoisotopic (exact) mass is 226 g/mol. The molecule has 1 aliphatic heterocycles. The van der Waals surface area contributed by atoms with E-state index in [0.29, 0.717) is 6.04 Å². The summed E-state index contributed by atoms with van der Waals surface area (Å²) in [5.74, 6) is -0.271. The number of hydrogen-bond donors (Lipinski definition) is 2. The van der Waals surface area contributed by atoms with E-state index in [4.69, 9.17) is 10.5 Å². The summed E-state index contributed by atoms with van der Waals surface area (Å²) in [5.41, 5.74) is 5.37. The lowest BCUT2D eigenvalue weighted by Crippen LogP contribution is -2.51. The number of hydrogen-bond acceptors (Lipinski definition) is 3. The summed E-state index contributed by atoms with van der Waals surface area (Å²) in [7, 11) is 0. The van der Waals surface area contributed by atoms with E-state index in [9.17, 15) is 4.79 Å².